The number of hydrogen-bond acceptors (Lipinski definition) is 1. The van der Waals surface area contributed by atoms with Gasteiger partial charge in [-0.1, -0.05) is 36.8 Å². The second-order valence-electron chi connectivity index (χ2n) is 5.61. The van der Waals surface area contributed by atoms with Gasteiger partial charge in [0.15, 0.2) is 0 Å². The monoisotopic (exact) mass is 299 g/mol. The Morgan fingerprint density at radius 2 is 1.73 bits per heavy atom. The highest BCUT2D eigenvalue weighted by Crippen LogP contribution is 2.09. The molecule has 2 rings (SSSR count). The predicted molar refractivity (Wildman–Crippen MR) is 87.3 cm³/mol. The van der Waals surface area contributed by atoms with E-state index in [2.05, 4.69) is 5.32 Å². The molecule has 2 aromatic rings. The van der Waals surface area contributed by atoms with Crippen LogP contribution in [-0.4, -0.2) is 11.9 Å². The first-order chi connectivity index (χ1) is 10.6. The lowest BCUT2D eigenvalue weighted by Crippen LogP contribution is -2.32. The third-order valence-corrected chi connectivity index (χ3v) is 3.68. The summed E-state index contributed by atoms with van der Waals surface area (Å²) in [6.07, 6.45) is 3.96. The number of unbranched alkanes of at least 4 members (excludes halogenated alkanes) is 1. The smallest absolute Gasteiger partial charge is 0.251 e. The Morgan fingerprint density at radius 3 is 2.41 bits per heavy atom. The maximum Gasteiger partial charge on any atom is 0.251 e. The first kappa shape index (κ1) is 16.2. The summed E-state index contributed by atoms with van der Waals surface area (Å²) in [6.45, 7) is 2.03. The van der Waals surface area contributed by atoms with Crippen molar-refractivity contribution in [2.75, 3.05) is 0 Å². The summed E-state index contributed by atoms with van der Waals surface area (Å²) in [4.78, 5) is 12.0. The highest BCUT2D eigenvalue weighted by atomic mass is 19.1. The lowest BCUT2D eigenvalue weighted by atomic mass is 10.0. The summed E-state index contributed by atoms with van der Waals surface area (Å²) in [6, 6.07) is 16.1. The van der Waals surface area contributed by atoms with Crippen LogP contribution in [0.1, 0.15) is 42.1 Å². The fraction of sp³-hybridized carbons (Fsp3) is 0.316. The van der Waals surface area contributed by atoms with Crippen LogP contribution in [0.4, 0.5) is 4.39 Å². The molecule has 0 aromatic heterocycles. The number of hydrogen-bond donors (Lipinski definition) is 1. The number of halogens is 1. The number of benzene rings is 2. The molecule has 2 nitrogen and oxygen atoms in total. The van der Waals surface area contributed by atoms with Crippen molar-refractivity contribution in [1.82, 2.24) is 5.32 Å². The van der Waals surface area contributed by atoms with Gasteiger partial charge < -0.3 is 5.32 Å². The molecule has 0 saturated carbocycles. The molecule has 116 valence electrons. The molecule has 0 saturated heterocycles. The quantitative estimate of drug-likeness (QED) is 0.756. The lowest BCUT2D eigenvalue weighted by Gasteiger charge is -2.13. The Labute approximate surface area is 131 Å². The van der Waals surface area contributed by atoms with Crippen LogP contribution in [0.2, 0.25) is 0 Å². The first-order valence-electron chi connectivity index (χ1n) is 7.75. The molecule has 0 unspecified atom stereocenters. The van der Waals surface area contributed by atoms with Crippen molar-refractivity contribution in [2.24, 2.45) is 0 Å². The van der Waals surface area contributed by atoms with E-state index in [1.807, 2.05) is 49.4 Å². The van der Waals surface area contributed by atoms with Gasteiger partial charge in [-0.15, -0.1) is 0 Å². The van der Waals surface area contributed by atoms with E-state index in [0.29, 0.717) is 5.56 Å². The number of nitrogens with one attached hydrogen (secondary N) is 1. The molecule has 1 N–H and O–H groups in total. The van der Waals surface area contributed by atoms with Gasteiger partial charge in [0.1, 0.15) is 5.82 Å². The molecule has 0 fully saturated rings. The van der Waals surface area contributed by atoms with Crippen LogP contribution in [0.5, 0.6) is 0 Å². The Hall–Kier alpha value is -2.16. The fourth-order valence-corrected chi connectivity index (χ4v) is 2.40. The summed E-state index contributed by atoms with van der Waals surface area (Å²) in [7, 11) is 0. The van der Waals surface area contributed by atoms with Crippen molar-refractivity contribution in [3.63, 3.8) is 0 Å². The first-order valence-corrected chi connectivity index (χ1v) is 7.75. The molecule has 0 spiro atoms. The largest absolute Gasteiger partial charge is 0.350 e. The second-order valence-corrected chi connectivity index (χ2v) is 5.61. The molecular weight excluding hydrogens is 277 g/mol. The third kappa shape index (κ3) is 5.32. The molecule has 0 aliphatic heterocycles. The van der Waals surface area contributed by atoms with Crippen LogP contribution >= 0.6 is 0 Å². The summed E-state index contributed by atoms with van der Waals surface area (Å²) < 4.78 is 12.8. The Bertz CT molecular complexity index is 580. The maximum absolute atomic E-state index is 12.8. The van der Waals surface area contributed by atoms with Gasteiger partial charge in [0.25, 0.3) is 5.91 Å². The Balaban J connectivity index is 1.66. The van der Waals surface area contributed by atoms with E-state index in [1.54, 1.807) is 0 Å². The SMILES string of the molecule is C[C@H](CCCCc1ccc(F)cc1)NC(=O)c1ccccc1. The van der Waals surface area contributed by atoms with E-state index >= 15 is 0 Å². The minimum atomic E-state index is -0.194. The minimum absolute atomic E-state index is 0.0216. The van der Waals surface area contributed by atoms with E-state index in [0.717, 1.165) is 31.2 Å². The zero-order valence-corrected chi connectivity index (χ0v) is 12.9. The molecule has 22 heavy (non-hydrogen) atoms. The van der Waals surface area contributed by atoms with E-state index < -0.39 is 0 Å². The van der Waals surface area contributed by atoms with Crippen molar-refractivity contribution in [3.8, 4) is 0 Å². The van der Waals surface area contributed by atoms with Crippen LogP contribution < -0.4 is 5.32 Å². The third-order valence-electron chi connectivity index (χ3n) is 3.68. The van der Waals surface area contributed by atoms with Gasteiger partial charge in [-0.3, -0.25) is 4.79 Å². The van der Waals surface area contributed by atoms with Gasteiger partial charge in [0, 0.05) is 11.6 Å². The van der Waals surface area contributed by atoms with Gasteiger partial charge in [0.05, 0.1) is 0 Å². The molecule has 3 heteroatoms. The molecular formula is C19H22FNO. The van der Waals surface area contributed by atoms with Crippen LogP contribution in [0.25, 0.3) is 0 Å². The Morgan fingerprint density at radius 1 is 1.05 bits per heavy atom. The normalized spacial score (nSPS) is 11.9. The maximum atomic E-state index is 12.8. The van der Waals surface area contributed by atoms with Crippen LogP contribution in [-0.2, 0) is 6.42 Å². The summed E-state index contributed by atoms with van der Waals surface area (Å²) >= 11 is 0. The van der Waals surface area contributed by atoms with Gasteiger partial charge in [-0.2, -0.15) is 0 Å². The van der Waals surface area contributed by atoms with Gasteiger partial charge in [-0.25, -0.2) is 4.39 Å². The summed E-state index contributed by atoms with van der Waals surface area (Å²) in [5.74, 6) is -0.215. The topological polar surface area (TPSA) is 29.1 Å². The average Bonchev–Trinajstić information content (AvgIpc) is 2.54. The van der Waals surface area contributed by atoms with Crippen molar-refractivity contribution in [2.45, 2.75) is 38.6 Å². The lowest BCUT2D eigenvalue weighted by molar-refractivity contribution is 0.0938. The number of amides is 1. The molecule has 0 heterocycles. The zero-order chi connectivity index (χ0) is 15.8. The van der Waals surface area contributed by atoms with E-state index in [4.69, 9.17) is 0 Å². The highest BCUT2D eigenvalue weighted by molar-refractivity contribution is 5.94. The molecule has 0 aliphatic rings. The number of rotatable bonds is 7. The van der Waals surface area contributed by atoms with Gasteiger partial charge >= 0.3 is 0 Å². The van der Waals surface area contributed by atoms with Crippen molar-refractivity contribution >= 4 is 5.91 Å². The standard InChI is InChI=1S/C19H22FNO/c1-15(21-19(22)17-9-3-2-4-10-17)7-5-6-8-16-11-13-18(20)14-12-16/h2-4,9-15H,5-8H2,1H3,(H,21,22)/t15-/m1/s1. The molecule has 1 amide bonds. The summed E-state index contributed by atoms with van der Waals surface area (Å²) in [5.41, 5.74) is 1.85. The van der Waals surface area contributed by atoms with Gasteiger partial charge in [-0.05, 0) is 56.0 Å². The molecule has 2 aromatic carbocycles. The van der Waals surface area contributed by atoms with E-state index in [1.165, 1.54) is 12.1 Å². The molecule has 0 bridgehead atoms. The number of carbonyl (C=O) groups is 1. The molecule has 0 aliphatic carbocycles. The minimum Gasteiger partial charge on any atom is -0.350 e. The van der Waals surface area contributed by atoms with E-state index in [9.17, 15) is 9.18 Å². The highest BCUT2D eigenvalue weighted by Gasteiger charge is 2.08. The van der Waals surface area contributed by atoms with Crippen molar-refractivity contribution in [3.05, 3.63) is 71.5 Å². The number of aryl methyl sites for hydroxylation is 1. The Kier molecular flexibility index (Phi) is 6.13. The average molecular weight is 299 g/mol. The predicted octanol–water partition coefficient (Wildman–Crippen LogP) is 4.36. The van der Waals surface area contributed by atoms with Crippen LogP contribution in [0.15, 0.2) is 54.6 Å². The zero-order valence-electron chi connectivity index (χ0n) is 12.9. The van der Waals surface area contributed by atoms with Crippen molar-refractivity contribution < 1.29 is 9.18 Å². The van der Waals surface area contributed by atoms with Gasteiger partial charge in [0.2, 0.25) is 0 Å². The second kappa shape index (κ2) is 8.32. The number of carbonyl (C=O) groups excluding carboxylic acids is 1. The molecule has 1 atom stereocenters. The molecule has 0 radical (unpaired) electrons. The summed E-state index contributed by atoms with van der Waals surface area (Å²) in [5, 5.41) is 3.01. The van der Waals surface area contributed by atoms with Crippen LogP contribution in [0, 0.1) is 5.82 Å². The fourth-order valence-electron chi connectivity index (χ4n) is 2.40. The van der Waals surface area contributed by atoms with E-state index in [-0.39, 0.29) is 17.8 Å². The van der Waals surface area contributed by atoms with Crippen LogP contribution in [0.3, 0.4) is 0 Å². The van der Waals surface area contributed by atoms with Crippen molar-refractivity contribution in [1.29, 1.82) is 0 Å².